The molecule has 5 aromatic rings. The number of ether oxygens (including phenoxy) is 1. The van der Waals surface area contributed by atoms with E-state index in [2.05, 4.69) is 38.1 Å². The summed E-state index contributed by atoms with van der Waals surface area (Å²) in [7, 11) is 0. The number of nitrogens with zero attached hydrogens (tertiary/aromatic N) is 2. The highest BCUT2D eigenvalue weighted by atomic mass is 16.6. The molecule has 0 unspecified atom stereocenters. The van der Waals surface area contributed by atoms with Crippen molar-refractivity contribution in [3.63, 3.8) is 0 Å². The van der Waals surface area contributed by atoms with E-state index in [1.54, 1.807) is 4.90 Å². The quantitative estimate of drug-likeness (QED) is 0.134. The molecule has 0 radical (unpaired) electrons. The van der Waals surface area contributed by atoms with Gasteiger partial charge in [0.2, 0.25) is 5.91 Å². The first-order chi connectivity index (χ1) is 22.5. The Morgan fingerprint density at radius 2 is 0.978 bits per heavy atom. The van der Waals surface area contributed by atoms with Crippen molar-refractivity contribution in [2.24, 2.45) is 5.92 Å². The van der Waals surface area contributed by atoms with E-state index in [9.17, 15) is 4.79 Å². The van der Waals surface area contributed by atoms with E-state index in [4.69, 9.17) is 4.74 Å². The third-order valence-electron chi connectivity index (χ3n) is 8.45. The third-order valence-corrected chi connectivity index (χ3v) is 8.45. The molecule has 234 valence electrons. The van der Waals surface area contributed by atoms with Gasteiger partial charge in [0.05, 0.1) is 18.0 Å². The second-order valence-corrected chi connectivity index (χ2v) is 11.7. The second kappa shape index (κ2) is 16.2. The second-order valence-electron chi connectivity index (χ2n) is 11.7. The van der Waals surface area contributed by atoms with E-state index < -0.39 is 12.0 Å². The summed E-state index contributed by atoms with van der Waals surface area (Å²) in [4.78, 5) is 32.5. The molecule has 3 atom stereocenters. The first kappa shape index (κ1) is 32.2. The lowest BCUT2D eigenvalue weighted by Crippen LogP contribution is -2.46. The molecule has 0 bridgehead atoms. The van der Waals surface area contributed by atoms with Crippen LogP contribution in [0.3, 0.4) is 0 Å². The van der Waals surface area contributed by atoms with E-state index >= 15 is 4.79 Å². The lowest BCUT2D eigenvalue weighted by atomic mass is 9.93. The molecular formula is C41H42N2O3. The zero-order valence-electron chi connectivity index (χ0n) is 26.6. The molecular weight excluding hydrogens is 568 g/mol. The number of benzene rings is 5. The number of carbonyl (C=O) groups excluding carboxylic acids is 2. The van der Waals surface area contributed by atoms with Crippen LogP contribution in [0, 0.1) is 5.92 Å². The fourth-order valence-electron chi connectivity index (χ4n) is 5.92. The minimum Gasteiger partial charge on any atom is -0.445 e. The van der Waals surface area contributed by atoms with Gasteiger partial charge in [-0.05, 0) is 48.1 Å². The summed E-state index contributed by atoms with van der Waals surface area (Å²) in [6.07, 6.45) is 0.0357. The molecule has 0 saturated heterocycles. The molecule has 0 fully saturated rings. The van der Waals surface area contributed by atoms with Crippen molar-refractivity contribution in [2.75, 3.05) is 6.54 Å². The van der Waals surface area contributed by atoms with Gasteiger partial charge in [0.15, 0.2) is 0 Å². The van der Waals surface area contributed by atoms with Crippen molar-refractivity contribution in [1.82, 2.24) is 9.80 Å². The molecule has 0 saturated carbocycles. The normalized spacial score (nSPS) is 12.8. The monoisotopic (exact) mass is 610 g/mol. The minimum atomic E-state index is -0.521. The first-order valence-corrected chi connectivity index (χ1v) is 15.9. The van der Waals surface area contributed by atoms with Crippen LogP contribution >= 0.6 is 0 Å². The zero-order chi connectivity index (χ0) is 32.1. The van der Waals surface area contributed by atoms with Crippen LogP contribution in [0.25, 0.3) is 0 Å². The van der Waals surface area contributed by atoms with E-state index in [0.717, 1.165) is 27.8 Å². The molecule has 5 heteroatoms. The van der Waals surface area contributed by atoms with Gasteiger partial charge in [0, 0.05) is 13.1 Å². The van der Waals surface area contributed by atoms with Gasteiger partial charge < -0.3 is 14.5 Å². The van der Waals surface area contributed by atoms with Crippen LogP contribution in [0.15, 0.2) is 152 Å². The molecule has 5 aromatic carbocycles. The average Bonchev–Trinajstić information content (AvgIpc) is 3.12. The Labute approximate surface area is 273 Å². The van der Waals surface area contributed by atoms with E-state index in [1.165, 1.54) is 0 Å². The Balaban J connectivity index is 1.50. The molecule has 5 nitrogen and oxygen atoms in total. The Morgan fingerprint density at radius 3 is 1.46 bits per heavy atom. The highest BCUT2D eigenvalue weighted by Gasteiger charge is 2.35. The van der Waals surface area contributed by atoms with Crippen molar-refractivity contribution in [3.8, 4) is 0 Å². The summed E-state index contributed by atoms with van der Waals surface area (Å²) in [5.41, 5.74) is 5.03. The zero-order valence-corrected chi connectivity index (χ0v) is 26.6. The van der Waals surface area contributed by atoms with Gasteiger partial charge in [0.1, 0.15) is 6.61 Å². The van der Waals surface area contributed by atoms with Crippen LogP contribution in [0.4, 0.5) is 4.79 Å². The molecule has 0 aliphatic carbocycles. The van der Waals surface area contributed by atoms with Crippen LogP contribution in [0.5, 0.6) is 0 Å². The predicted octanol–water partition coefficient (Wildman–Crippen LogP) is 9.04. The van der Waals surface area contributed by atoms with Crippen molar-refractivity contribution in [2.45, 2.75) is 45.5 Å². The van der Waals surface area contributed by atoms with Crippen LogP contribution in [0.2, 0.25) is 0 Å². The number of hydrogen-bond donors (Lipinski definition) is 0. The lowest BCUT2D eigenvalue weighted by Gasteiger charge is -2.39. The highest BCUT2D eigenvalue weighted by molar-refractivity contribution is 5.81. The predicted molar refractivity (Wildman–Crippen MR) is 184 cm³/mol. The van der Waals surface area contributed by atoms with E-state index in [0.29, 0.717) is 13.0 Å². The number of rotatable bonds is 13. The molecule has 0 aromatic heterocycles. The van der Waals surface area contributed by atoms with Gasteiger partial charge in [-0.3, -0.25) is 4.79 Å². The number of hydrogen-bond acceptors (Lipinski definition) is 3. The van der Waals surface area contributed by atoms with Gasteiger partial charge in [-0.2, -0.15) is 0 Å². The molecule has 46 heavy (non-hydrogen) atoms. The molecule has 0 heterocycles. The lowest BCUT2D eigenvalue weighted by molar-refractivity contribution is -0.141. The third kappa shape index (κ3) is 8.72. The topological polar surface area (TPSA) is 49.9 Å². The van der Waals surface area contributed by atoms with Crippen LogP contribution < -0.4 is 0 Å². The molecule has 0 aliphatic heterocycles. The summed E-state index contributed by atoms with van der Waals surface area (Å²) >= 11 is 0. The van der Waals surface area contributed by atoms with Gasteiger partial charge in [0.25, 0.3) is 0 Å². The van der Waals surface area contributed by atoms with Crippen molar-refractivity contribution >= 4 is 12.0 Å². The maximum Gasteiger partial charge on any atom is 0.410 e. The van der Waals surface area contributed by atoms with Crippen molar-refractivity contribution in [3.05, 3.63) is 179 Å². The first-order valence-electron chi connectivity index (χ1n) is 15.9. The Hall–Kier alpha value is -5.16. The largest absolute Gasteiger partial charge is 0.445 e. The fourth-order valence-corrected chi connectivity index (χ4v) is 5.92. The van der Waals surface area contributed by atoms with E-state index in [-0.39, 0.29) is 31.1 Å². The van der Waals surface area contributed by atoms with Crippen LogP contribution in [-0.4, -0.2) is 28.3 Å². The molecule has 0 N–H and O–H groups in total. The summed E-state index contributed by atoms with van der Waals surface area (Å²) in [5.74, 6) is -0.529. The average molecular weight is 611 g/mol. The maximum atomic E-state index is 15.0. The van der Waals surface area contributed by atoms with Crippen molar-refractivity contribution < 1.29 is 14.3 Å². The highest BCUT2D eigenvalue weighted by Crippen LogP contribution is 2.33. The SMILES string of the molecule is C[C@H](c1ccccc1)N(C(=O)[C@H](Cc1ccccc1)CN(Cc1ccccc1)C(=O)OCc1ccccc1)[C@H](C)c1ccccc1. The number of carbonyl (C=O) groups is 2. The maximum absolute atomic E-state index is 15.0. The fraction of sp³-hybridized carbons (Fsp3) is 0.220. The molecule has 2 amide bonds. The molecule has 0 spiro atoms. The van der Waals surface area contributed by atoms with Crippen LogP contribution in [0.1, 0.15) is 53.7 Å². The Morgan fingerprint density at radius 1 is 0.565 bits per heavy atom. The standard InChI is InChI=1S/C41H42N2O3/c1-32(37-24-14-6-15-25-37)43(33(2)38-26-16-7-17-27-38)40(44)39(28-34-18-8-3-9-19-34)30-42(29-35-20-10-4-11-21-35)41(45)46-31-36-22-12-5-13-23-36/h3-27,32-33,39H,28-31H2,1-2H3/t32-,33-,39-/m1/s1. The van der Waals surface area contributed by atoms with Crippen molar-refractivity contribution in [1.29, 1.82) is 0 Å². The van der Waals surface area contributed by atoms with Crippen LogP contribution in [-0.2, 0) is 29.1 Å². The summed E-state index contributed by atoms with van der Waals surface area (Å²) in [6, 6.07) is 49.4. The van der Waals surface area contributed by atoms with Gasteiger partial charge in [-0.15, -0.1) is 0 Å². The number of amides is 2. The summed E-state index contributed by atoms with van der Waals surface area (Å²) in [5, 5.41) is 0. The van der Waals surface area contributed by atoms with Gasteiger partial charge >= 0.3 is 6.09 Å². The van der Waals surface area contributed by atoms with Gasteiger partial charge in [-0.25, -0.2) is 4.79 Å². The minimum absolute atomic E-state index is 0.00881. The summed E-state index contributed by atoms with van der Waals surface area (Å²) in [6.45, 7) is 4.86. The molecule has 0 aliphatic rings. The summed E-state index contributed by atoms with van der Waals surface area (Å²) < 4.78 is 5.85. The Kier molecular flexibility index (Phi) is 11.4. The van der Waals surface area contributed by atoms with E-state index in [1.807, 2.05) is 132 Å². The van der Waals surface area contributed by atoms with Gasteiger partial charge in [-0.1, -0.05) is 152 Å². The smallest absolute Gasteiger partial charge is 0.410 e. The Bertz CT molecular complexity index is 1590. The molecule has 5 rings (SSSR count).